The zero-order chi connectivity index (χ0) is 25.3. The van der Waals surface area contributed by atoms with Gasteiger partial charge in [0.05, 0.1) is 5.41 Å². The fraction of sp³-hybridized carbons (Fsp3) is 0.294. The van der Waals surface area contributed by atoms with Crippen molar-refractivity contribution in [2.45, 2.75) is 64.7 Å². The quantitative estimate of drug-likeness (QED) is 0.293. The summed E-state index contributed by atoms with van der Waals surface area (Å²) in [6.07, 6.45) is 6.12. The Morgan fingerprint density at radius 3 is 1.69 bits per heavy atom. The summed E-state index contributed by atoms with van der Waals surface area (Å²) in [6, 6.07) is 21.2. The Balaban J connectivity index is 1.97. The van der Waals surface area contributed by atoms with Crippen molar-refractivity contribution in [2.24, 2.45) is 0 Å². The van der Waals surface area contributed by atoms with E-state index in [4.69, 9.17) is 0 Å². The molecule has 0 heterocycles. The van der Waals surface area contributed by atoms with Gasteiger partial charge in [-0.2, -0.15) is 0 Å². The first-order valence-electron chi connectivity index (χ1n) is 12.5. The van der Waals surface area contributed by atoms with Gasteiger partial charge in [-0.25, -0.2) is 0 Å². The third-order valence-corrected chi connectivity index (χ3v) is 8.73. The highest BCUT2D eigenvalue weighted by Gasteiger charge is 2.52. The van der Waals surface area contributed by atoms with Gasteiger partial charge in [0, 0.05) is 4.48 Å². The molecule has 0 radical (unpaired) electrons. The minimum absolute atomic E-state index is 0.0668. The molecule has 1 heteroatoms. The van der Waals surface area contributed by atoms with Crippen molar-refractivity contribution in [3.8, 4) is 11.1 Å². The fourth-order valence-electron chi connectivity index (χ4n) is 5.75. The average molecular weight is 524 g/mol. The third kappa shape index (κ3) is 3.46. The van der Waals surface area contributed by atoms with Crippen LogP contribution in [-0.2, 0) is 16.2 Å². The number of hydrogen-bond acceptors (Lipinski definition) is 0. The number of aryl methyl sites for hydroxylation is 1. The van der Waals surface area contributed by atoms with Crippen molar-refractivity contribution in [2.75, 3.05) is 0 Å². The second-order valence-corrected chi connectivity index (χ2v) is 12.9. The lowest BCUT2D eigenvalue weighted by molar-refractivity contribution is 0.587. The van der Waals surface area contributed by atoms with E-state index < -0.39 is 0 Å². The van der Waals surface area contributed by atoms with Gasteiger partial charge in [-0.1, -0.05) is 142 Å². The molecule has 0 amide bonds. The second-order valence-electron chi connectivity index (χ2n) is 12.1. The van der Waals surface area contributed by atoms with Crippen molar-refractivity contribution >= 4 is 21.5 Å². The van der Waals surface area contributed by atoms with E-state index in [1.807, 2.05) is 12.2 Å². The van der Waals surface area contributed by atoms with Crippen LogP contribution >= 0.6 is 15.9 Å². The van der Waals surface area contributed by atoms with E-state index in [0.29, 0.717) is 0 Å². The van der Waals surface area contributed by atoms with Crippen molar-refractivity contribution in [3.63, 3.8) is 0 Å². The van der Waals surface area contributed by atoms with Crippen LogP contribution in [0.4, 0.5) is 0 Å². The predicted octanol–water partition coefficient (Wildman–Crippen LogP) is 9.77. The first kappa shape index (κ1) is 24.1. The SMILES string of the molecule is C=C/C=C\C1=C(Br)C2(c3cc(C)ccc31)c1cc(C(C)(C)C)ccc1-c1ccc(C(C)(C)C)cc12. The predicted molar refractivity (Wildman–Crippen MR) is 156 cm³/mol. The van der Waals surface area contributed by atoms with Crippen LogP contribution in [0, 0.1) is 6.92 Å². The summed E-state index contributed by atoms with van der Waals surface area (Å²) in [5.74, 6) is 0. The minimum atomic E-state index is -0.366. The van der Waals surface area contributed by atoms with Crippen LogP contribution < -0.4 is 0 Å². The summed E-state index contributed by atoms with van der Waals surface area (Å²) < 4.78 is 1.22. The lowest BCUT2D eigenvalue weighted by atomic mass is 9.71. The molecule has 1 spiro atoms. The highest BCUT2D eigenvalue weighted by molar-refractivity contribution is 9.12. The lowest BCUT2D eigenvalue weighted by Crippen LogP contribution is -2.27. The summed E-state index contributed by atoms with van der Waals surface area (Å²) in [5.41, 5.74) is 13.1. The van der Waals surface area contributed by atoms with Crippen LogP contribution in [0.1, 0.15) is 80.5 Å². The first-order valence-corrected chi connectivity index (χ1v) is 13.3. The monoisotopic (exact) mass is 522 g/mol. The fourth-order valence-corrected chi connectivity index (χ4v) is 6.74. The van der Waals surface area contributed by atoms with E-state index in [-0.39, 0.29) is 16.2 Å². The molecule has 3 aromatic rings. The van der Waals surface area contributed by atoms with Crippen LogP contribution in [0.2, 0.25) is 0 Å². The van der Waals surface area contributed by atoms with E-state index in [1.54, 1.807) is 0 Å². The summed E-state index contributed by atoms with van der Waals surface area (Å²) in [6.45, 7) is 19.9. The van der Waals surface area contributed by atoms with Gasteiger partial charge >= 0.3 is 0 Å². The minimum Gasteiger partial charge on any atom is -0.0991 e. The third-order valence-electron chi connectivity index (χ3n) is 7.70. The van der Waals surface area contributed by atoms with Crippen LogP contribution in [0.15, 0.2) is 83.9 Å². The van der Waals surface area contributed by atoms with Crippen molar-refractivity contribution in [3.05, 3.63) is 123 Å². The Labute approximate surface area is 219 Å². The molecule has 5 rings (SSSR count). The summed E-state index contributed by atoms with van der Waals surface area (Å²) in [4.78, 5) is 0. The van der Waals surface area contributed by atoms with E-state index in [0.717, 1.165) is 0 Å². The van der Waals surface area contributed by atoms with Gasteiger partial charge in [0.2, 0.25) is 0 Å². The molecule has 0 bridgehead atoms. The molecule has 0 aromatic heterocycles. The molecule has 2 aliphatic carbocycles. The zero-order valence-corrected chi connectivity index (χ0v) is 23.6. The number of hydrogen-bond donors (Lipinski definition) is 0. The molecule has 2 aliphatic rings. The summed E-state index contributed by atoms with van der Waals surface area (Å²) in [5, 5.41) is 0. The summed E-state index contributed by atoms with van der Waals surface area (Å²) >= 11 is 4.21. The molecular weight excluding hydrogens is 488 g/mol. The molecule has 0 saturated carbocycles. The number of rotatable bonds is 2. The second kappa shape index (κ2) is 7.93. The number of allylic oxidation sites excluding steroid dienone is 5. The van der Waals surface area contributed by atoms with E-state index in [9.17, 15) is 0 Å². The van der Waals surface area contributed by atoms with Gasteiger partial charge in [-0.3, -0.25) is 0 Å². The Bertz CT molecular complexity index is 1370. The van der Waals surface area contributed by atoms with Crippen molar-refractivity contribution in [1.82, 2.24) is 0 Å². The van der Waals surface area contributed by atoms with Gasteiger partial charge in [0.15, 0.2) is 0 Å². The largest absolute Gasteiger partial charge is 0.0991 e. The van der Waals surface area contributed by atoms with Gasteiger partial charge in [0.1, 0.15) is 0 Å². The maximum atomic E-state index is 4.21. The molecule has 0 nitrogen and oxygen atoms in total. The molecule has 0 N–H and O–H groups in total. The van der Waals surface area contributed by atoms with E-state index >= 15 is 0 Å². The van der Waals surface area contributed by atoms with Crippen LogP contribution in [0.5, 0.6) is 0 Å². The highest BCUT2D eigenvalue weighted by Crippen LogP contribution is 2.64. The van der Waals surface area contributed by atoms with Crippen LogP contribution in [0.25, 0.3) is 16.7 Å². The van der Waals surface area contributed by atoms with Gasteiger partial charge in [-0.05, 0) is 67.8 Å². The number of benzene rings is 3. The standard InChI is InChI=1S/C34H35Br/c1-9-10-11-27-26-15-12-21(2)18-28(26)34(31(27)35)29-19-22(32(3,4)5)13-16-24(29)25-17-14-23(20-30(25)34)33(6,7)8/h9-20H,1H2,2-8H3/b11-10-. The van der Waals surface area contributed by atoms with Crippen LogP contribution in [0.3, 0.4) is 0 Å². The molecular formula is C34H35Br. The zero-order valence-electron chi connectivity index (χ0n) is 22.0. The van der Waals surface area contributed by atoms with E-state index in [1.165, 1.54) is 60.1 Å². The maximum Gasteiger partial charge on any atom is 0.0791 e. The maximum absolute atomic E-state index is 4.21. The summed E-state index contributed by atoms with van der Waals surface area (Å²) in [7, 11) is 0. The highest BCUT2D eigenvalue weighted by atomic mass is 79.9. The molecule has 178 valence electrons. The Morgan fingerprint density at radius 1 is 0.714 bits per heavy atom. The van der Waals surface area contributed by atoms with Gasteiger partial charge in [0.25, 0.3) is 0 Å². The van der Waals surface area contributed by atoms with E-state index in [2.05, 4.69) is 132 Å². The smallest absolute Gasteiger partial charge is 0.0791 e. The van der Waals surface area contributed by atoms with Crippen LogP contribution in [-0.4, -0.2) is 0 Å². The van der Waals surface area contributed by atoms with Crippen molar-refractivity contribution in [1.29, 1.82) is 0 Å². The Kier molecular flexibility index (Phi) is 5.46. The molecule has 3 aromatic carbocycles. The molecule has 0 fully saturated rings. The van der Waals surface area contributed by atoms with Gasteiger partial charge in [-0.15, -0.1) is 0 Å². The topological polar surface area (TPSA) is 0 Å². The normalized spacial score (nSPS) is 16.1. The average Bonchev–Trinajstić information content (AvgIpc) is 3.21. The molecule has 0 atom stereocenters. The molecule has 0 aliphatic heterocycles. The van der Waals surface area contributed by atoms with Crippen molar-refractivity contribution < 1.29 is 0 Å². The Morgan fingerprint density at radius 2 is 1.20 bits per heavy atom. The number of halogens is 1. The Hall–Kier alpha value is -2.64. The lowest BCUT2D eigenvalue weighted by Gasteiger charge is -2.32. The first-order chi connectivity index (χ1) is 16.4. The number of fused-ring (bicyclic) bond motifs is 7. The molecule has 0 saturated heterocycles. The molecule has 35 heavy (non-hydrogen) atoms. The van der Waals surface area contributed by atoms with Gasteiger partial charge < -0.3 is 0 Å². The molecule has 0 unspecified atom stereocenters.